The van der Waals surface area contributed by atoms with E-state index >= 15 is 0 Å². The SMILES string of the molecule is CCCNC1CCOC(C)(c2cncc(F)c2)C1. The van der Waals surface area contributed by atoms with Gasteiger partial charge in [0, 0.05) is 24.4 Å². The van der Waals surface area contributed by atoms with Gasteiger partial charge in [-0.3, -0.25) is 4.98 Å². The van der Waals surface area contributed by atoms with Gasteiger partial charge in [0.15, 0.2) is 0 Å². The maximum Gasteiger partial charge on any atom is 0.141 e. The van der Waals surface area contributed by atoms with Gasteiger partial charge < -0.3 is 10.1 Å². The van der Waals surface area contributed by atoms with E-state index in [1.807, 2.05) is 6.92 Å². The zero-order valence-electron chi connectivity index (χ0n) is 11.1. The first kappa shape index (κ1) is 13.4. The van der Waals surface area contributed by atoms with Crippen molar-refractivity contribution < 1.29 is 9.13 Å². The second kappa shape index (κ2) is 5.76. The first-order chi connectivity index (χ1) is 8.64. The van der Waals surface area contributed by atoms with Gasteiger partial charge in [0.25, 0.3) is 0 Å². The molecule has 1 aliphatic heterocycles. The molecule has 0 bridgehead atoms. The van der Waals surface area contributed by atoms with E-state index in [1.165, 1.54) is 12.3 Å². The molecule has 18 heavy (non-hydrogen) atoms. The summed E-state index contributed by atoms with van der Waals surface area (Å²) in [5.41, 5.74) is 0.393. The van der Waals surface area contributed by atoms with E-state index in [1.54, 1.807) is 6.20 Å². The number of hydrogen-bond acceptors (Lipinski definition) is 3. The Labute approximate surface area is 108 Å². The highest BCUT2D eigenvalue weighted by Gasteiger charge is 2.35. The standard InChI is InChI=1S/C14H21FN2O/c1-3-5-17-13-4-6-18-14(2,8-13)11-7-12(15)10-16-9-11/h7,9-10,13,17H,3-6,8H2,1-2H3. The molecule has 2 rings (SSSR count). The van der Waals surface area contributed by atoms with Crippen molar-refractivity contribution in [3.63, 3.8) is 0 Å². The minimum atomic E-state index is -0.432. The molecule has 1 saturated heterocycles. The molecule has 1 fully saturated rings. The number of aromatic nitrogens is 1. The smallest absolute Gasteiger partial charge is 0.141 e. The number of hydrogen-bond donors (Lipinski definition) is 1. The van der Waals surface area contributed by atoms with E-state index < -0.39 is 5.60 Å². The molecule has 4 heteroatoms. The number of halogens is 1. The second-order valence-corrected chi connectivity index (χ2v) is 5.11. The molecule has 2 unspecified atom stereocenters. The molecule has 1 N–H and O–H groups in total. The fourth-order valence-electron chi connectivity index (χ4n) is 2.48. The molecule has 0 spiro atoms. The van der Waals surface area contributed by atoms with Gasteiger partial charge in [-0.2, -0.15) is 0 Å². The number of rotatable bonds is 4. The molecule has 1 aromatic heterocycles. The van der Waals surface area contributed by atoms with Crippen molar-refractivity contribution in [2.45, 2.75) is 44.8 Å². The number of ether oxygens (including phenoxy) is 1. The average molecular weight is 252 g/mol. The molecule has 0 saturated carbocycles. The summed E-state index contributed by atoms with van der Waals surface area (Å²) in [5, 5.41) is 3.52. The van der Waals surface area contributed by atoms with Crippen molar-refractivity contribution in [1.82, 2.24) is 10.3 Å². The van der Waals surface area contributed by atoms with Crippen LogP contribution >= 0.6 is 0 Å². The van der Waals surface area contributed by atoms with E-state index in [4.69, 9.17) is 4.74 Å². The van der Waals surface area contributed by atoms with Crippen LogP contribution in [0.25, 0.3) is 0 Å². The van der Waals surface area contributed by atoms with Crippen molar-refractivity contribution in [3.8, 4) is 0 Å². The van der Waals surface area contributed by atoms with Crippen LogP contribution in [0, 0.1) is 5.82 Å². The van der Waals surface area contributed by atoms with Gasteiger partial charge in [-0.15, -0.1) is 0 Å². The van der Waals surface area contributed by atoms with E-state index in [0.29, 0.717) is 12.6 Å². The van der Waals surface area contributed by atoms with Crippen LogP contribution in [-0.2, 0) is 10.3 Å². The monoisotopic (exact) mass is 252 g/mol. The third-order valence-corrected chi connectivity index (χ3v) is 3.52. The van der Waals surface area contributed by atoms with Crippen molar-refractivity contribution in [2.24, 2.45) is 0 Å². The molecule has 0 amide bonds. The van der Waals surface area contributed by atoms with Crippen molar-refractivity contribution >= 4 is 0 Å². The summed E-state index contributed by atoms with van der Waals surface area (Å²) in [6, 6.07) is 1.96. The molecular weight excluding hydrogens is 231 g/mol. The van der Waals surface area contributed by atoms with Crippen molar-refractivity contribution in [1.29, 1.82) is 0 Å². The van der Waals surface area contributed by atoms with E-state index in [9.17, 15) is 4.39 Å². The molecular formula is C14H21FN2O. The zero-order valence-corrected chi connectivity index (χ0v) is 11.1. The first-order valence-electron chi connectivity index (χ1n) is 6.62. The quantitative estimate of drug-likeness (QED) is 0.894. The summed E-state index contributed by atoms with van der Waals surface area (Å²) in [4.78, 5) is 3.92. The van der Waals surface area contributed by atoms with Gasteiger partial charge in [0.1, 0.15) is 5.82 Å². The molecule has 1 aliphatic rings. The average Bonchev–Trinajstić information content (AvgIpc) is 2.36. The fraction of sp³-hybridized carbons (Fsp3) is 0.643. The molecule has 0 aliphatic carbocycles. The molecule has 2 heterocycles. The van der Waals surface area contributed by atoms with Gasteiger partial charge in [0.05, 0.1) is 11.8 Å². The third kappa shape index (κ3) is 3.06. The van der Waals surface area contributed by atoms with Gasteiger partial charge in [-0.25, -0.2) is 4.39 Å². The van der Waals surface area contributed by atoms with Crippen LogP contribution in [0.4, 0.5) is 4.39 Å². The second-order valence-electron chi connectivity index (χ2n) is 5.11. The minimum Gasteiger partial charge on any atom is -0.370 e. The predicted octanol–water partition coefficient (Wildman–Crippen LogP) is 2.61. The van der Waals surface area contributed by atoms with Gasteiger partial charge in [0.2, 0.25) is 0 Å². The van der Waals surface area contributed by atoms with Crippen LogP contribution in [0.3, 0.4) is 0 Å². The maximum absolute atomic E-state index is 13.3. The zero-order chi connectivity index (χ0) is 13.0. The predicted molar refractivity (Wildman–Crippen MR) is 68.8 cm³/mol. The van der Waals surface area contributed by atoms with Crippen molar-refractivity contribution in [2.75, 3.05) is 13.2 Å². The summed E-state index contributed by atoms with van der Waals surface area (Å²) in [5.74, 6) is -0.305. The summed E-state index contributed by atoms with van der Waals surface area (Å²) in [6.07, 6.45) is 5.92. The van der Waals surface area contributed by atoms with Crippen LogP contribution in [0.2, 0.25) is 0 Å². The van der Waals surface area contributed by atoms with Crippen LogP contribution in [-0.4, -0.2) is 24.2 Å². The van der Waals surface area contributed by atoms with Gasteiger partial charge in [-0.05, 0) is 38.8 Å². The van der Waals surface area contributed by atoms with Crippen molar-refractivity contribution in [3.05, 3.63) is 29.8 Å². The Hall–Kier alpha value is -1.00. The van der Waals surface area contributed by atoms with Crippen LogP contribution < -0.4 is 5.32 Å². The Morgan fingerprint density at radius 2 is 2.39 bits per heavy atom. The van der Waals surface area contributed by atoms with E-state index in [2.05, 4.69) is 17.2 Å². The number of pyridine rings is 1. The Morgan fingerprint density at radius 3 is 3.11 bits per heavy atom. The largest absolute Gasteiger partial charge is 0.370 e. The van der Waals surface area contributed by atoms with E-state index in [-0.39, 0.29) is 5.82 Å². The Bertz CT molecular complexity index is 399. The van der Waals surface area contributed by atoms with E-state index in [0.717, 1.165) is 31.4 Å². The molecule has 3 nitrogen and oxygen atoms in total. The highest BCUT2D eigenvalue weighted by molar-refractivity contribution is 5.19. The third-order valence-electron chi connectivity index (χ3n) is 3.52. The van der Waals surface area contributed by atoms with Gasteiger partial charge in [-0.1, -0.05) is 6.92 Å². The summed E-state index contributed by atoms with van der Waals surface area (Å²) in [6.45, 7) is 5.89. The molecule has 2 atom stereocenters. The van der Waals surface area contributed by atoms with Gasteiger partial charge >= 0.3 is 0 Å². The fourth-order valence-corrected chi connectivity index (χ4v) is 2.48. The molecule has 1 aromatic rings. The highest BCUT2D eigenvalue weighted by atomic mass is 19.1. The molecule has 100 valence electrons. The Morgan fingerprint density at radius 1 is 1.56 bits per heavy atom. The summed E-state index contributed by atoms with van der Waals surface area (Å²) >= 11 is 0. The number of nitrogens with one attached hydrogen (secondary N) is 1. The Kier molecular flexibility index (Phi) is 4.30. The lowest BCUT2D eigenvalue weighted by molar-refractivity contribution is -0.0815. The normalized spacial score (nSPS) is 28.3. The molecule has 0 radical (unpaired) electrons. The topological polar surface area (TPSA) is 34.1 Å². The first-order valence-corrected chi connectivity index (χ1v) is 6.62. The summed E-state index contributed by atoms with van der Waals surface area (Å²) < 4.78 is 19.1. The minimum absolute atomic E-state index is 0.305. The van der Waals surface area contributed by atoms with Crippen LogP contribution in [0.15, 0.2) is 18.5 Å². The lowest BCUT2D eigenvalue weighted by Gasteiger charge is -2.39. The van der Waals surface area contributed by atoms with Crippen LogP contribution in [0.5, 0.6) is 0 Å². The lowest BCUT2D eigenvalue weighted by Crippen LogP contribution is -2.44. The van der Waals surface area contributed by atoms with Crippen LogP contribution in [0.1, 0.15) is 38.7 Å². The highest BCUT2D eigenvalue weighted by Crippen LogP contribution is 2.34. The summed E-state index contributed by atoms with van der Waals surface area (Å²) in [7, 11) is 0. The maximum atomic E-state index is 13.3. The molecule has 0 aromatic carbocycles. The lowest BCUT2D eigenvalue weighted by atomic mass is 9.86. The number of nitrogens with zero attached hydrogens (tertiary/aromatic N) is 1. The Balaban J connectivity index is 2.10.